The molecule has 0 fully saturated rings. The quantitative estimate of drug-likeness (QED) is 0.0886. The second kappa shape index (κ2) is 11.8. The number of alkyl halides is 1. The molecule has 0 spiro atoms. The number of nitriles is 1. The molecule has 2 atom stereocenters. The Kier molecular flexibility index (Phi) is 8.54. The Morgan fingerprint density at radius 1 is 1.16 bits per heavy atom. The Labute approximate surface area is 231 Å². The van der Waals surface area contributed by atoms with Crippen molar-refractivity contribution < 1.29 is 18.8 Å². The average Bonchev–Trinajstić information content (AvgIpc) is 2.90. The van der Waals surface area contributed by atoms with Crippen LogP contribution >= 0.6 is 24.4 Å². The number of fused-ring (bicyclic) bond motifs is 1. The van der Waals surface area contributed by atoms with Crippen molar-refractivity contribution in [2.24, 2.45) is 0 Å². The highest BCUT2D eigenvalue weighted by molar-refractivity contribution is 7.74. The van der Waals surface area contributed by atoms with Gasteiger partial charge in [0.05, 0.1) is 23.3 Å². The summed E-state index contributed by atoms with van der Waals surface area (Å²) >= 11 is 9.79. The highest BCUT2D eigenvalue weighted by atomic mass is 35.5. The Bertz CT molecular complexity index is 1470. The fraction of sp³-hybridized carbons (Fsp3) is 0.259. The molecule has 0 bridgehead atoms. The van der Waals surface area contributed by atoms with Crippen LogP contribution < -0.4 is 14.9 Å². The molecule has 0 saturated carbocycles. The number of nitrogens with zero attached hydrogens (tertiary/aromatic N) is 5. The van der Waals surface area contributed by atoms with Crippen LogP contribution in [0.1, 0.15) is 37.3 Å². The van der Waals surface area contributed by atoms with E-state index >= 15 is 0 Å². The van der Waals surface area contributed by atoms with Crippen LogP contribution in [0, 0.1) is 11.3 Å². The van der Waals surface area contributed by atoms with E-state index in [0.717, 1.165) is 17.5 Å². The summed E-state index contributed by atoms with van der Waals surface area (Å²) in [6.45, 7) is 4.50. The normalized spacial score (nSPS) is 13.4. The van der Waals surface area contributed by atoms with Crippen molar-refractivity contribution in [3.63, 3.8) is 0 Å². The fourth-order valence-corrected chi connectivity index (χ4v) is 3.99. The molecule has 196 valence electrons. The SMILES string of the molecule is CCC(C)c1cc(Oc2ccc(-c3cnc4nc(N[N+](C)(O)S)ccc4n3)cc2)cc(C#N)c1OCCCl. The van der Waals surface area contributed by atoms with Gasteiger partial charge in [0.25, 0.3) is 0 Å². The Hall–Kier alpha value is -3.62. The molecule has 0 aliphatic carbocycles. The lowest BCUT2D eigenvalue weighted by atomic mass is 9.95. The molecule has 4 rings (SSSR count). The van der Waals surface area contributed by atoms with Crippen LogP contribution in [0.2, 0.25) is 0 Å². The van der Waals surface area contributed by atoms with Crippen molar-refractivity contribution in [1.29, 1.82) is 5.26 Å². The number of ether oxygens (including phenoxy) is 2. The minimum atomic E-state index is -0.763. The molecule has 11 heteroatoms. The van der Waals surface area contributed by atoms with E-state index in [1.54, 1.807) is 24.4 Å². The van der Waals surface area contributed by atoms with Gasteiger partial charge in [-0.3, -0.25) is 0 Å². The number of rotatable bonds is 10. The summed E-state index contributed by atoms with van der Waals surface area (Å²) in [5, 5.41) is 19.5. The molecule has 2 unspecified atom stereocenters. The van der Waals surface area contributed by atoms with Crippen molar-refractivity contribution in [1.82, 2.24) is 15.0 Å². The maximum Gasteiger partial charge on any atom is 0.180 e. The van der Waals surface area contributed by atoms with Gasteiger partial charge in [-0.25, -0.2) is 15.0 Å². The second-order valence-corrected chi connectivity index (χ2v) is 9.95. The van der Waals surface area contributed by atoms with Crippen LogP contribution in [-0.4, -0.2) is 43.9 Å². The Balaban J connectivity index is 1.56. The van der Waals surface area contributed by atoms with Crippen molar-refractivity contribution in [3.05, 3.63) is 65.9 Å². The van der Waals surface area contributed by atoms with Gasteiger partial charge >= 0.3 is 0 Å². The topological polar surface area (TPSA) is 113 Å². The lowest BCUT2D eigenvalue weighted by molar-refractivity contribution is -0.955. The molecule has 9 nitrogen and oxygen atoms in total. The third kappa shape index (κ3) is 6.62. The van der Waals surface area contributed by atoms with Gasteiger partial charge in [0.15, 0.2) is 11.5 Å². The number of anilines is 1. The summed E-state index contributed by atoms with van der Waals surface area (Å²) in [7, 11) is 1.44. The molecule has 0 amide bonds. The maximum atomic E-state index is 9.75. The van der Waals surface area contributed by atoms with Gasteiger partial charge < -0.3 is 9.47 Å². The summed E-state index contributed by atoms with van der Waals surface area (Å²) < 4.78 is 11.2. The zero-order valence-corrected chi connectivity index (χ0v) is 22.9. The van der Waals surface area contributed by atoms with Crippen LogP contribution in [0.3, 0.4) is 0 Å². The van der Waals surface area contributed by atoms with Gasteiger partial charge in [0.1, 0.15) is 55.3 Å². The molecule has 2 heterocycles. The molecule has 38 heavy (non-hydrogen) atoms. The molecular weight excluding hydrogens is 524 g/mol. The first-order chi connectivity index (χ1) is 18.2. The number of thiol groups is 1. The van der Waals surface area contributed by atoms with E-state index in [-0.39, 0.29) is 5.92 Å². The number of benzene rings is 2. The largest absolute Gasteiger partial charge is 0.491 e. The lowest BCUT2D eigenvalue weighted by Gasteiger charge is -2.18. The third-order valence-corrected chi connectivity index (χ3v) is 6.05. The van der Waals surface area contributed by atoms with Crippen molar-refractivity contribution in [2.75, 3.05) is 25.0 Å². The van der Waals surface area contributed by atoms with Crippen molar-refractivity contribution >= 4 is 41.4 Å². The van der Waals surface area contributed by atoms with Crippen LogP contribution in [0.25, 0.3) is 22.4 Å². The maximum absolute atomic E-state index is 9.75. The number of nitrogens with one attached hydrogen (secondary N) is 1. The van der Waals surface area contributed by atoms with Gasteiger partial charge in [-0.15, -0.1) is 11.6 Å². The number of pyridine rings is 1. The van der Waals surface area contributed by atoms with Crippen LogP contribution in [0.4, 0.5) is 5.82 Å². The van der Waals surface area contributed by atoms with Crippen LogP contribution in [0.5, 0.6) is 17.2 Å². The fourth-order valence-electron chi connectivity index (χ4n) is 3.81. The monoisotopic (exact) mass is 551 g/mol. The van der Waals surface area contributed by atoms with E-state index in [0.29, 0.717) is 58.0 Å². The third-order valence-electron chi connectivity index (χ3n) is 5.80. The Morgan fingerprint density at radius 2 is 1.92 bits per heavy atom. The highest BCUT2D eigenvalue weighted by Gasteiger charge is 2.18. The van der Waals surface area contributed by atoms with Crippen LogP contribution in [-0.2, 0) is 0 Å². The van der Waals surface area contributed by atoms with E-state index in [1.807, 2.05) is 30.3 Å². The average molecular weight is 552 g/mol. The highest BCUT2D eigenvalue weighted by Crippen LogP contribution is 2.37. The van der Waals surface area contributed by atoms with Gasteiger partial charge in [-0.2, -0.15) is 15.9 Å². The second-order valence-electron chi connectivity index (χ2n) is 8.79. The van der Waals surface area contributed by atoms with Gasteiger partial charge in [-0.1, -0.05) is 13.8 Å². The first-order valence-corrected chi connectivity index (χ1v) is 12.9. The predicted molar refractivity (Wildman–Crippen MR) is 150 cm³/mol. The number of halogens is 1. The standard InChI is InChI=1S/C27H28ClN6O3S/c1-4-17(2)22-14-21(13-19(15-29)26(22)36-12-11-28)37-20-7-5-18(6-8-20)24-16-30-27-23(31-24)9-10-25(32-27)33-34(3,35)38/h5-10,13-14,16-17,35,38H,4,11-12H2,1-3H3,(H,30,32,33)/q+1. The van der Waals surface area contributed by atoms with Crippen molar-refractivity contribution in [2.45, 2.75) is 26.2 Å². The number of hydroxylamine groups is 1. The van der Waals surface area contributed by atoms with E-state index in [9.17, 15) is 10.5 Å². The van der Waals surface area contributed by atoms with E-state index in [2.05, 4.69) is 53.1 Å². The Morgan fingerprint density at radius 3 is 2.58 bits per heavy atom. The minimum Gasteiger partial charge on any atom is -0.491 e. The van der Waals surface area contributed by atoms with Gasteiger partial charge in [0.2, 0.25) is 0 Å². The summed E-state index contributed by atoms with van der Waals surface area (Å²) in [4.78, 5) is 13.4. The molecular formula is C27H28ClN6O3S+. The summed E-state index contributed by atoms with van der Waals surface area (Å²) in [6.07, 6.45) is 2.52. The van der Waals surface area contributed by atoms with Crippen molar-refractivity contribution in [3.8, 4) is 34.6 Å². The van der Waals surface area contributed by atoms with E-state index < -0.39 is 4.16 Å². The molecule has 2 N–H and O–H groups in total. The van der Waals surface area contributed by atoms with Gasteiger partial charge in [-0.05, 0) is 59.0 Å². The summed E-state index contributed by atoms with van der Waals surface area (Å²) in [5.41, 5.74) is 6.61. The van der Waals surface area contributed by atoms with Crippen LogP contribution in [0.15, 0.2) is 54.7 Å². The number of hydrogen-bond acceptors (Lipinski definition) is 9. The molecule has 2 aromatic carbocycles. The van der Waals surface area contributed by atoms with E-state index in [4.69, 9.17) is 21.1 Å². The smallest absolute Gasteiger partial charge is 0.180 e. The summed E-state index contributed by atoms with van der Waals surface area (Å²) in [6, 6.07) is 16.7. The minimum absolute atomic E-state index is 0.177. The molecule has 0 saturated heterocycles. The molecule has 0 aliphatic heterocycles. The molecule has 0 radical (unpaired) electrons. The zero-order valence-electron chi connectivity index (χ0n) is 21.2. The zero-order chi connectivity index (χ0) is 27.3. The first kappa shape index (κ1) is 27.4. The summed E-state index contributed by atoms with van der Waals surface area (Å²) in [5.74, 6) is 2.66. The number of hydrogen-bond donors (Lipinski definition) is 3. The lowest BCUT2D eigenvalue weighted by Crippen LogP contribution is -2.35. The molecule has 0 aliphatic rings. The number of quaternary nitrogens is 1. The molecule has 2 aromatic heterocycles. The number of aromatic nitrogens is 3. The molecule has 4 aromatic rings. The predicted octanol–water partition coefficient (Wildman–Crippen LogP) is 6.49. The first-order valence-electron chi connectivity index (χ1n) is 12.0. The van der Waals surface area contributed by atoms with E-state index in [1.165, 1.54) is 7.05 Å². The van der Waals surface area contributed by atoms with Gasteiger partial charge in [0, 0.05) is 17.2 Å².